The molecule has 2 aromatic rings. The van der Waals surface area contributed by atoms with Crippen LogP contribution in [0.5, 0.6) is 0 Å². The first kappa shape index (κ1) is 15.0. The molecule has 4 heteroatoms. The lowest BCUT2D eigenvalue weighted by atomic mass is 10.1. The van der Waals surface area contributed by atoms with Gasteiger partial charge in [-0.15, -0.1) is 0 Å². The van der Waals surface area contributed by atoms with E-state index in [1.54, 1.807) is 11.8 Å². The van der Waals surface area contributed by atoms with Gasteiger partial charge in [-0.3, -0.25) is 0 Å². The molecule has 0 saturated heterocycles. The van der Waals surface area contributed by atoms with Crippen molar-refractivity contribution in [1.82, 2.24) is 9.97 Å². The maximum atomic E-state index is 6.07. The van der Waals surface area contributed by atoms with Crippen LogP contribution in [0.25, 0.3) is 0 Å². The summed E-state index contributed by atoms with van der Waals surface area (Å²) in [5.41, 5.74) is 9.35. The molecular formula is C16H21N3S. The monoisotopic (exact) mass is 287 g/mol. The second-order valence-corrected chi connectivity index (χ2v) is 6.02. The lowest BCUT2D eigenvalue weighted by Gasteiger charge is -2.12. The van der Waals surface area contributed by atoms with Gasteiger partial charge in [0.25, 0.3) is 0 Å². The highest BCUT2D eigenvalue weighted by atomic mass is 32.2. The maximum absolute atomic E-state index is 6.07. The SMILES string of the molecule is CCC(N)Cc1ccccc1Sc1nc(C)cc(C)n1. The molecule has 0 aliphatic rings. The van der Waals surface area contributed by atoms with E-state index in [1.165, 1.54) is 10.5 Å². The van der Waals surface area contributed by atoms with Gasteiger partial charge in [-0.05, 0) is 56.1 Å². The summed E-state index contributed by atoms with van der Waals surface area (Å²) < 4.78 is 0. The zero-order valence-corrected chi connectivity index (χ0v) is 13.1. The molecule has 20 heavy (non-hydrogen) atoms. The molecule has 1 heterocycles. The van der Waals surface area contributed by atoms with Crippen molar-refractivity contribution in [3.8, 4) is 0 Å². The lowest BCUT2D eigenvalue weighted by Crippen LogP contribution is -2.21. The van der Waals surface area contributed by atoms with E-state index in [-0.39, 0.29) is 6.04 Å². The van der Waals surface area contributed by atoms with E-state index in [2.05, 4.69) is 35.1 Å². The van der Waals surface area contributed by atoms with E-state index in [0.29, 0.717) is 0 Å². The van der Waals surface area contributed by atoms with Gasteiger partial charge in [-0.25, -0.2) is 9.97 Å². The highest BCUT2D eigenvalue weighted by Gasteiger charge is 2.09. The Morgan fingerprint density at radius 2 is 1.80 bits per heavy atom. The first-order valence-electron chi connectivity index (χ1n) is 6.92. The van der Waals surface area contributed by atoms with Gasteiger partial charge in [0.2, 0.25) is 0 Å². The van der Waals surface area contributed by atoms with E-state index in [1.807, 2.05) is 26.0 Å². The third-order valence-electron chi connectivity index (χ3n) is 3.14. The Balaban J connectivity index is 2.24. The number of hydrogen-bond donors (Lipinski definition) is 1. The molecule has 0 aliphatic heterocycles. The van der Waals surface area contributed by atoms with Crippen LogP contribution in [0.1, 0.15) is 30.3 Å². The van der Waals surface area contributed by atoms with Gasteiger partial charge in [0, 0.05) is 22.3 Å². The second-order valence-electron chi connectivity index (χ2n) is 5.02. The van der Waals surface area contributed by atoms with Gasteiger partial charge in [-0.1, -0.05) is 25.1 Å². The molecular weight excluding hydrogens is 266 g/mol. The molecule has 0 fully saturated rings. The highest BCUT2D eigenvalue weighted by Crippen LogP contribution is 2.29. The zero-order chi connectivity index (χ0) is 14.5. The topological polar surface area (TPSA) is 51.8 Å². The second kappa shape index (κ2) is 6.86. The molecule has 0 amide bonds. The number of nitrogens with zero attached hydrogens (tertiary/aromatic N) is 2. The summed E-state index contributed by atoms with van der Waals surface area (Å²) in [4.78, 5) is 10.2. The molecule has 0 bridgehead atoms. The van der Waals surface area contributed by atoms with Crippen molar-refractivity contribution in [2.24, 2.45) is 5.73 Å². The van der Waals surface area contributed by atoms with Crippen molar-refractivity contribution < 1.29 is 0 Å². The van der Waals surface area contributed by atoms with E-state index in [0.717, 1.165) is 29.4 Å². The molecule has 1 unspecified atom stereocenters. The summed E-state index contributed by atoms with van der Waals surface area (Å²) in [5.74, 6) is 0. The third kappa shape index (κ3) is 4.05. The molecule has 0 aliphatic carbocycles. The molecule has 1 aromatic heterocycles. The van der Waals surface area contributed by atoms with E-state index in [4.69, 9.17) is 5.73 Å². The van der Waals surface area contributed by atoms with Crippen molar-refractivity contribution in [2.45, 2.75) is 49.7 Å². The summed E-state index contributed by atoms with van der Waals surface area (Å²) >= 11 is 1.62. The van der Waals surface area contributed by atoms with Crippen LogP contribution in [0.2, 0.25) is 0 Å². The van der Waals surface area contributed by atoms with Gasteiger partial charge in [0.1, 0.15) is 0 Å². The van der Waals surface area contributed by atoms with Gasteiger partial charge < -0.3 is 5.73 Å². The molecule has 3 nitrogen and oxygen atoms in total. The van der Waals surface area contributed by atoms with Crippen LogP contribution in [-0.4, -0.2) is 16.0 Å². The normalized spacial score (nSPS) is 12.4. The first-order valence-corrected chi connectivity index (χ1v) is 7.73. The summed E-state index contributed by atoms with van der Waals surface area (Å²) in [7, 11) is 0. The summed E-state index contributed by atoms with van der Waals surface area (Å²) in [5, 5.41) is 0.806. The van der Waals surface area contributed by atoms with Crippen molar-refractivity contribution in [1.29, 1.82) is 0 Å². The van der Waals surface area contributed by atoms with E-state index in [9.17, 15) is 0 Å². The highest BCUT2D eigenvalue weighted by molar-refractivity contribution is 7.99. The van der Waals surface area contributed by atoms with Crippen LogP contribution in [0.3, 0.4) is 0 Å². The lowest BCUT2D eigenvalue weighted by molar-refractivity contribution is 0.641. The Hall–Kier alpha value is -1.39. The molecule has 2 N–H and O–H groups in total. The number of hydrogen-bond acceptors (Lipinski definition) is 4. The van der Waals surface area contributed by atoms with Crippen LogP contribution in [0, 0.1) is 13.8 Å². The van der Waals surface area contributed by atoms with Crippen LogP contribution < -0.4 is 5.73 Å². The third-order valence-corrected chi connectivity index (χ3v) is 4.13. The van der Waals surface area contributed by atoms with Gasteiger partial charge >= 0.3 is 0 Å². The predicted octanol–water partition coefficient (Wildman–Crippen LogP) is 3.52. The fourth-order valence-electron chi connectivity index (χ4n) is 2.04. The van der Waals surface area contributed by atoms with E-state index < -0.39 is 0 Å². The Morgan fingerprint density at radius 1 is 1.15 bits per heavy atom. The number of benzene rings is 1. The number of rotatable bonds is 5. The van der Waals surface area contributed by atoms with Gasteiger partial charge in [0.15, 0.2) is 5.16 Å². The Morgan fingerprint density at radius 3 is 2.45 bits per heavy atom. The molecule has 2 rings (SSSR count). The minimum atomic E-state index is 0.205. The fourth-order valence-corrected chi connectivity index (χ4v) is 3.04. The predicted molar refractivity (Wildman–Crippen MR) is 84.0 cm³/mol. The molecule has 0 radical (unpaired) electrons. The summed E-state index contributed by atoms with van der Waals surface area (Å²) in [6, 6.07) is 10.6. The van der Waals surface area contributed by atoms with Gasteiger partial charge in [0.05, 0.1) is 0 Å². The van der Waals surface area contributed by atoms with Crippen molar-refractivity contribution in [3.63, 3.8) is 0 Å². The fraction of sp³-hybridized carbons (Fsp3) is 0.375. The summed E-state index contributed by atoms with van der Waals surface area (Å²) in [6.07, 6.45) is 1.88. The molecule has 0 spiro atoms. The number of aryl methyl sites for hydroxylation is 2. The number of nitrogens with two attached hydrogens (primary N) is 1. The maximum Gasteiger partial charge on any atom is 0.192 e. The molecule has 1 atom stereocenters. The van der Waals surface area contributed by atoms with Crippen molar-refractivity contribution in [3.05, 3.63) is 47.3 Å². The Bertz CT molecular complexity index is 563. The van der Waals surface area contributed by atoms with Crippen molar-refractivity contribution in [2.75, 3.05) is 0 Å². The van der Waals surface area contributed by atoms with E-state index >= 15 is 0 Å². The molecule has 0 saturated carbocycles. The first-order chi connectivity index (χ1) is 9.58. The van der Waals surface area contributed by atoms with Crippen LogP contribution in [0.15, 0.2) is 40.4 Å². The van der Waals surface area contributed by atoms with Gasteiger partial charge in [-0.2, -0.15) is 0 Å². The standard InChI is InChI=1S/C16H21N3S/c1-4-14(17)10-13-7-5-6-8-15(13)20-16-18-11(2)9-12(3)19-16/h5-9,14H,4,10,17H2,1-3H3. The molecule has 106 valence electrons. The van der Waals surface area contributed by atoms with Crippen LogP contribution in [0.4, 0.5) is 0 Å². The Kier molecular flexibility index (Phi) is 5.15. The largest absolute Gasteiger partial charge is 0.327 e. The van der Waals surface area contributed by atoms with Crippen LogP contribution >= 0.6 is 11.8 Å². The number of aromatic nitrogens is 2. The smallest absolute Gasteiger partial charge is 0.192 e. The quantitative estimate of drug-likeness (QED) is 0.855. The van der Waals surface area contributed by atoms with Crippen LogP contribution in [-0.2, 0) is 6.42 Å². The Labute approximate surface area is 125 Å². The van der Waals surface area contributed by atoms with Crippen molar-refractivity contribution >= 4 is 11.8 Å². The average molecular weight is 287 g/mol. The minimum Gasteiger partial charge on any atom is -0.327 e. The molecule has 1 aromatic carbocycles. The minimum absolute atomic E-state index is 0.205. The zero-order valence-electron chi connectivity index (χ0n) is 12.3. The average Bonchev–Trinajstić information content (AvgIpc) is 2.39. The summed E-state index contributed by atoms with van der Waals surface area (Å²) in [6.45, 7) is 6.11.